The molecule has 0 aromatic heterocycles. The molecule has 1 saturated carbocycles. The summed E-state index contributed by atoms with van der Waals surface area (Å²) in [7, 11) is 0. The van der Waals surface area contributed by atoms with E-state index in [9.17, 15) is 0 Å². The van der Waals surface area contributed by atoms with E-state index in [1.54, 1.807) is 0 Å². The highest BCUT2D eigenvalue weighted by Gasteiger charge is 2.44. The fourth-order valence-electron chi connectivity index (χ4n) is 2.99. The Morgan fingerprint density at radius 1 is 1.20 bits per heavy atom. The van der Waals surface area contributed by atoms with Gasteiger partial charge in [0.25, 0.3) is 0 Å². The highest BCUT2D eigenvalue weighted by Crippen LogP contribution is 2.53. The van der Waals surface area contributed by atoms with E-state index in [0.717, 1.165) is 11.8 Å². The van der Waals surface area contributed by atoms with Crippen LogP contribution in [0.3, 0.4) is 0 Å². The van der Waals surface area contributed by atoms with Crippen LogP contribution in [-0.4, -0.2) is 17.5 Å². The quantitative estimate of drug-likeness (QED) is 0.668. The number of allylic oxidation sites excluding steroid dienone is 1. The molecule has 0 saturated heterocycles. The van der Waals surface area contributed by atoms with Gasteiger partial charge in [-0.1, -0.05) is 19.9 Å². The lowest BCUT2D eigenvalue weighted by molar-refractivity contribution is 0.0421. The smallest absolute Gasteiger partial charge is 0.0227 e. The van der Waals surface area contributed by atoms with E-state index in [2.05, 4.69) is 44.9 Å². The molecule has 2 aliphatic rings. The first-order chi connectivity index (χ1) is 7.02. The van der Waals surface area contributed by atoms with Gasteiger partial charge in [0.2, 0.25) is 0 Å². The highest BCUT2D eigenvalue weighted by atomic mass is 15.1. The summed E-state index contributed by atoms with van der Waals surface area (Å²) in [4.78, 5) is 2.47. The van der Waals surface area contributed by atoms with Crippen LogP contribution in [-0.2, 0) is 0 Å². The van der Waals surface area contributed by atoms with E-state index < -0.39 is 0 Å². The fraction of sp³-hybridized carbons (Fsp3) is 0.857. The van der Waals surface area contributed by atoms with Gasteiger partial charge in [0, 0.05) is 12.6 Å². The minimum atomic E-state index is 0.598. The second-order valence-corrected chi connectivity index (χ2v) is 6.17. The lowest BCUT2D eigenvalue weighted by atomic mass is 9.57. The molecule has 1 spiro atoms. The Hall–Kier alpha value is -0.460. The minimum Gasteiger partial charge on any atom is -0.375 e. The zero-order valence-electron chi connectivity index (χ0n) is 10.7. The molecule has 15 heavy (non-hydrogen) atoms. The van der Waals surface area contributed by atoms with E-state index in [1.807, 2.05) is 0 Å². The lowest BCUT2D eigenvalue weighted by Gasteiger charge is -2.51. The van der Waals surface area contributed by atoms with Crippen LogP contribution in [0.4, 0.5) is 0 Å². The number of nitrogens with zero attached hydrogens (tertiary/aromatic N) is 1. The van der Waals surface area contributed by atoms with E-state index in [4.69, 9.17) is 0 Å². The van der Waals surface area contributed by atoms with Crippen LogP contribution in [0.2, 0.25) is 0 Å². The zero-order chi connectivity index (χ0) is 11.1. The van der Waals surface area contributed by atoms with E-state index >= 15 is 0 Å². The number of hydrogen-bond donors (Lipinski definition) is 0. The van der Waals surface area contributed by atoms with Crippen LogP contribution in [0.5, 0.6) is 0 Å². The van der Waals surface area contributed by atoms with Crippen LogP contribution in [0.25, 0.3) is 0 Å². The molecule has 0 aromatic carbocycles. The zero-order valence-corrected chi connectivity index (χ0v) is 10.7. The third kappa shape index (κ3) is 2.07. The van der Waals surface area contributed by atoms with Gasteiger partial charge in [0.05, 0.1) is 0 Å². The van der Waals surface area contributed by atoms with Gasteiger partial charge in [-0.3, -0.25) is 0 Å². The maximum atomic E-state index is 2.50. The summed E-state index contributed by atoms with van der Waals surface area (Å²) in [5.41, 5.74) is 0.598. The summed E-state index contributed by atoms with van der Waals surface area (Å²) in [6.07, 6.45) is 9.10. The normalized spacial score (nSPS) is 35.3. The predicted molar refractivity (Wildman–Crippen MR) is 65.6 cm³/mol. The Balaban J connectivity index is 1.91. The molecule has 0 atom stereocenters. The molecule has 0 amide bonds. The first-order valence-corrected chi connectivity index (χ1v) is 6.47. The van der Waals surface area contributed by atoms with Gasteiger partial charge in [0.15, 0.2) is 0 Å². The highest BCUT2D eigenvalue weighted by molar-refractivity contribution is 5.11. The molecule has 1 aliphatic carbocycles. The van der Waals surface area contributed by atoms with E-state index in [-0.39, 0.29) is 0 Å². The monoisotopic (exact) mass is 207 g/mol. The van der Waals surface area contributed by atoms with Crippen molar-refractivity contribution in [3.05, 3.63) is 12.3 Å². The lowest BCUT2D eigenvalue weighted by Crippen LogP contribution is -2.44. The second-order valence-electron chi connectivity index (χ2n) is 6.17. The third-order valence-corrected chi connectivity index (χ3v) is 4.43. The first-order valence-electron chi connectivity index (χ1n) is 6.47. The van der Waals surface area contributed by atoms with Crippen LogP contribution in [0.1, 0.15) is 47.0 Å². The molecule has 0 N–H and O–H groups in total. The average molecular weight is 207 g/mol. The first kappa shape index (κ1) is 11.0. The SMILES string of the molecule is CC(C)C1CC2(C=CN(C(C)C)CC2)C1. The molecule has 2 rings (SSSR count). The van der Waals surface area contributed by atoms with Crippen molar-refractivity contribution in [2.45, 2.75) is 53.0 Å². The van der Waals surface area contributed by atoms with Crippen LogP contribution < -0.4 is 0 Å². The van der Waals surface area contributed by atoms with Crippen molar-refractivity contribution in [3.8, 4) is 0 Å². The molecule has 0 bridgehead atoms. The van der Waals surface area contributed by atoms with Crippen LogP contribution in [0, 0.1) is 17.3 Å². The molecule has 0 unspecified atom stereocenters. The Labute approximate surface area is 94.5 Å². The summed E-state index contributed by atoms with van der Waals surface area (Å²) < 4.78 is 0. The third-order valence-electron chi connectivity index (χ3n) is 4.43. The Morgan fingerprint density at radius 2 is 1.87 bits per heavy atom. The van der Waals surface area contributed by atoms with Crippen LogP contribution >= 0.6 is 0 Å². The number of rotatable bonds is 2. The second kappa shape index (κ2) is 3.84. The summed E-state index contributed by atoms with van der Waals surface area (Å²) in [5.74, 6) is 1.87. The van der Waals surface area contributed by atoms with Crippen molar-refractivity contribution in [3.63, 3.8) is 0 Å². The van der Waals surface area contributed by atoms with Gasteiger partial charge in [0.1, 0.15) is 0 Å². The van der Waals surface area contributed by atoms with Crippen molar-refractivity contribution < 1.29 is 0 Å². The number of hydrogen-bond acceptors (Lipinski definition) is 1. The Kier molecular flexibility index (Phi) is 2.83. The van der Waals surface area contributed by atoms with Crippen molar-refractivity contribution in [1.82, 2.24) is 4.90 Å². The van der Waals surface area contributed by atoms with Crippen LogP contribution in [0.15, 0.2) is 12.3 Å². The Morgan fingerprint density at radius 3 is 2.27 bits per heavy atom. The maximum Gasteiger partial charge on any atom is 0.0227 e. The van der Waals surface area contributed by atoms with Gasteiger partial charge in [-0.15, -0.1) is 0 Å². The van der Waals surface area contributed by atoms with Gasteiger partial charge in [-0.2, -0.15) is 0 Å². The van der Waals surface area contributed by atoms with E-state index in [1.165, 1.54) is 25.8 Å². The van der Waals surface area contributed by atoms with Gasteiger partial charge in [-0.05, 0) is 56.6 Å². The standard InChI is InChI=1S/C14H25N/c1-11(2)13-9-14(10-13)5-7-15(8-6-14)12(3)4/h5,7,11-13H,6,8-10H2,1-4H3. The average Bonchev–Trinajstić information content (AvgIpc) is 2.13. The van der Waals surface area contributed by atoms with Gasteiger partial charge >= 0.3 is 0 Å². The van der Waals surface area contributed by atoms with Gasteiger partial charge in [-0.25, -0.2) is 0 Å². The molecule has 1 aliphatic heterocycles. The van der Waals surface area contributed by atoms with Crippen molar-refractivity contribution in [1.29, 1.82) is 0 Å². The maximum absolute atomic E-state index is 2.50. The summed E-state index contributed by atoms with van der Waals surface area (Å²) in [6, 6.07) is 0.666. The van der Waals surface area contributed by atoms with Crippen molar-refractivity contribution in [2.24, 2.45) is 17.3 Å². The van der Waals surface area contributed by atoms with E-state index in [0.29, 0.717) is 11.5 Å². The van der Waals surface area contributed by atoms with Crippen molar-refractivity contribution >= 4 is 0 Å². The van der Waals surface area contributed by atoms with Gasteiger partial charge < -0.3 is 4.90 Å². The summed E-state index contributed by atoms with van der Waals surface area (Å²) >= 11 is 0. The molecule has 0 radical (unpaired) electrons. The molecule has 86 valence electrons. The molecule has 1 fully saturated rings. The summed E-state index contributed by atoms with van der Waals surface area (Å²) in [5, 5.41) is 0. The van der Waals surface area contributed by atoms with Crippen molar-refractivity contribution in [2.75, 3.05) is 6.54 Å². The molecule has 1 nitrogen and oxygen atoms in total. The molecular formula is C14H25N. The predicted octanol–water partition coefficient (Wildman–Crippen LogP) is 3.67. The molecule has 1 heterocycles. The summed E-state index contributed by atoms with van der Waals surface area (Å²) in [6.45, 7) is 10.5. The molecular weight excluding hydrogens is 182 g/mol. The topological polar surface area (TPSA) is 3.24 Å². The fourth-order valence-corrected chi connectivity index (χ4v) is 2.99. The molecule has 1 heteroatoms. The Bertz CT molecular complexity index is 246. The molecule has 0 aromatic rings. The minimum absolute atomic E-state index is 0.598. The largest absolute Gasteiger partial charge is 0.375 e.